The van der Waals surface area contributed by atoms with Gasteiger partial charge in [-0.25, -0.2) is 5.01 Å². The van der Waals surface area contributed by atoms with E-state index in [1.165, 1.54) is 5.01 Å². The largest absolute Gasteiger partial charge is 0.343 e. The molecule has 3 atom stereocenters. The van der Waals surface area contributed by atoms with Gasteiger partial charge in [-0.05, 0) is 50.4 Å². The molecule has 7 nitrogen and oxygen atoms in total. The van der Waals surface area contributed by atoms with Gasteiger partial charge in [-0.1, -0.05) is 48.9 Å². The molecule has 31 heavy (non-hydrogen) atoms. The first kappa shape index (κ1) is 21.1. The molecule has 0 spiro atoms. The Morgan fingerprint density at radius 2 is 1.77 bits per heavy atom. The van der Waals surface area contributed by atoms with Gasteiger partial charge in [0.2, 0.25) is 5.91 Å². The number of fused-ring (bicyclic) bond motifs is 3. The third-order valence-corrected chi connectivity index (χ3v) is 6.05. The predicted octanol–water partition coefficient (Wildman–Crippen LogP) is 2.48. The molecule has 0 radical (unpaired) electrons. The lowest BCUT2D eigenvalue weighted by Crippen LogP contribution is -2.56. The number of carbonyl (C=O) groups is 3. The lowest BCUT2D eigenvalue weighted by atomic mass is 9.92. The summed E-state index contributed by atoms with van der Waals surface area (Å²) in [7, 11) is 0. The second-order valence-corrected chi connectivity index (χ2v) is 8.21. The number of rotatable bonds is 4. The summed E-state index contributed by atoms with van der Waals surface area (Å²) in [6.07, 6.45) is 2.80. The van der Waals surface area contributed by atoms with Crippen LogP contribution < -0.4 is 21.1 Å². The highest BCUT2D eigenvalue weighted by molar-refractivity contribution is 6.06. The first-order chi connectivity index (χ1) is 15.0. The lowest BCUT2D eigenvalue weighted by molar-refractivity contribution is -0.131. The summed E-state index contributed by atoms with van der Waals surface area (Å²) < 4.78 is 0. The molecule has 3 N–H and O–H groups in total. The molecule has 0 bridgehead atoms. The molecule has 2 aromatic rings. The molecule has 3 amide bonds. The van der Waals surface area contributed by atoms with Crippen LogP contribution in [0, 0.1) is 0 Å². The van der Waals surface area contributed by atoms with E-state index in [2.05, 4.69) is 16.1 Å². The topological polar surface area (TPSA) is 90.5 Å². The van der Waals surface area contributed by atoms with Gasteiger partial charge in [-0.15, -0.1) is 0 Å². The third-order valence-electron chi connectivity index (χ3n) is 6.05. The maximum atomic E-state index is 13.3. The van der Waals surface area contributed by atoms with E-state index in [1.54, 1.807) is 6.92 Å². The van der Waals surface area contributed by atoms with Crippen LogP contribution in [0.4, 0.5) is 5.69 Å². The molecule has 0 saturated carbocycles. The highest BCUT2D eigenvalue weighted by Gasteiger charge is 2.33. The minimum Gasteiger partial charge on any atom is -0.343 e. The van der Waals surface area contributed by atoms with Crippen molar-refractivity contribution in [3.05, 3.63) is 54.1 Å². The number of benzene rings is 2. The smallest absolute Gasteiger partial charge is 0.261 e. The molecule has 2 aliphatic rings. The van der Waals surface area contributed by atoms with Gasteiger partial charge in [0.15, 0.2) is 0 Å². The van der Waals surface area contributed by atoms with Crippen LogP contribution in [0.3, 0.4) is 0 Å². The number of nitrogens with one attached hydrogen (secondary N) is 3. The summed E-state index contributed by atoms with van der Waals surface area (Å²) in [6, 6.07) is 14.2. The van der Waals surface area contributed by atoms with E-state index in [0.717, 1.165) is 42.5 Å². The minimum atomic E-state index is -0.780. The van der Waals surface area contributed by atoms with Crippen molar-refractivity contribution in [2.75, 3.05) is 11.6 Å². The molecule has 2 aliphatic heterocycles. The number of piperidine rings is 1. The average Bonchev–Trinajstić information content (AvgIpc) is 2.89. The van der Waals surface area contributed by atoms with Crippen LogP contribution in [0.15, 0.2) is 48.5 Å². The van der Waals surface area contributed by atoms with Gasteiger partial charge >= 0.3 is 0 Å². The lowest BCUT2D eigenvalue weighted by Gasteiger charge is -2.28. The molecule has 7 heteroatoms. The van der Waals surface area contributed by atoms with Crippen molar-refractivity contribution in [1.82, 2.24) is 16.1 Å². The van der Waals surface area contributed by atoms with Crippen LogP contribution in [0.5, 0.6) is 0 Å². The van der Waals surface area contributed by atoms with Gasteiger partial charge in [-0.2, -0.15) is 0 Å². The first-order valence-corrected chi connectivity index (χ1v) is 10.8. The monoisotopic (exact) mass is 420 g/mol. The Hall–Kier alpha value is -3.19. The molecule has 2 heterocycles. The summed E-state index contributed by atoms with van der Waals surface area (Å²) in [5.41, 5.74) is 6.13. The third kappa shape index (κ3) is 4.18. The molecule has 1 saturated heterocycles. The van der Waals surface area contributed by atoms with E-state index in [1.807, 2.05) is 55.5 Å². The summed E-state index contributed by atoms with van der Waals surface area (Å²) in [5, 5.41) is 7.27. The fourth-order valence-corrected chi connectivity index (χ4v) is 4.24. The summed E-state index contributed by atoms with van der Waals surface area (Å²) in [5.74, 6) is -1.28. The Bertz CT molecular complexity index is 1000. The zero-order valence-electron chi connectivity index (χ0n) is 17.9. The highest BCUT2D eigenvalue weighted by Crippen LogP contribution is 2.39. The molecule has 1 fully saturated rings. The number of hydrogen-bond donors (Lipinski definition) is 3. The fourth-order valence-electron chi connectivity index (χ4n) is 4.24. The Kier molecular flexibility index (Phi) is 6.04. The molecule has 2 aromatic carbocycles. The SMILES string of the molecule is CC1C(=O)N(NC(=O)[C@H](C)NC(=O)C2CCCCN2)c2ccccc2-c2ccccc21. The first-order valence-electron chi connectivity index (χ1n) is 10.8. The van der Waals surface area contributed by atoms with Crippen molar-refractivity contribution < 1.29 is 14.4 Å². The molecular formula is C24H28N4O3. The number of para-hydroxylation sites is 1. The van der Waals surface area contributed by atoms with Crippen molar-refractivity contribution in [3.8, 4) is 11.1 Å². The van der Waals surface area contributed by atoms with Crippen LogP contribution in [-0.2, 0) is 14.4 Å². The van der Waals surface area contributed by atoms with Gasteiger partial charge in [0.05, 0.1) is 17.6 Å². The zero-order chi connectivity index (χ0) is 22.0. The quantitative estimate of drug-likeness (QED) is 0.709. The Morgan fingerprint density at radius 1 is 1.06 bits per heavy atom. The second kappa shape index (κ2) is 8.89. The molecule has 0 aliphatic carbocycles. The van der Waals surface area contributed by atoms with Crippen LogP contribution in [-0.4, -0.2) is 36.3 Å². The van der Waals surface area contributed by atoms with Crippen molar-refractivity contribution in [2.24, 2.45) is 0 Å². The highest BCUT2D eigenvalue weighted by atomic mass is 16.2. The zero-order valence-corrected chi connectivity index (χ0v) is 17.9. The summed E-state index contributed by atoms with van der Waals surface area (Å²) in [6.45, 7) is 4.27. The standard InChI is InChI=1S/C24H28N4O3/c1-15-17-9-3-4-10-18(17)19-11-5-6-13-21(19)28(24(15)31)27-22(29)16(2)26-23(30)20-12-7-8-14-25-20/h3-6,9-11,13,15-16,20,25H,7-8,12,14H2,1-2H3,(H,26,30)(H,27,29)/t15?,16-,20?/m0/s1. The van der Waals surface area contributed by atoms with Crippen LogP contribution in [0.2, 0.25) is 0 Å². The van der Waals surface area contributed by atoms with E-state index >= 15 is 0 Å². The number of carbonyl (C=O) groups excluding carboxylic acids is 3. The summed E-state index contributed by atoms with van der Waals surface area (Å²) >= 11 is 0. The van der Waals surface area contributed by atoms with Gasteiger partial charge in [0.25, 0.3) is 11.8 Å². The predicted molar refractivity (Wildman–Crippen MR) is 119 cm³/mol. The second-order valence-electron chi connectivity index (χ2n) is 8.21. The van der Waals surface area contributed by atoms with E-state index < -0.39 is 17.9 Å². The maximum Gasteiger partial charge on any atom is 0.261 e. The van der Waals surface area contributed by atoms with Crippen molar-refractivity contribution in [1.29, 1.82) is 0 Å². The van der Waals surface area contributed by atoms with Crippen LogP contribution in [0.1, 0.15) is 44.6 Å². The van der Waals surface area contributed by atoms with Gasteiger partial charge < -0.3 is 10.6 Å². The fraction of sp³-hybridized carbons (Fsp3) is 0.375. The Balaban J connectivity index is 1.55. The van der Waals surface area contributed by atoms with E-state index in [9.17, 15) is 14.4 Å². The molecule has 4 rings (SSSR count). The van der Waals surface area contributed by atoms with Crippen molar-refractivity contribution in [2.45, 2.75) is 51.1 Å². The van der Waals surface area contributed by atoms with Gasteiger partial charge in [-0.3, -0.25) is 19.8 Å². The van der Waals surface area contributed by atoms with Crippen molar-refractivity contribution >= 4 is 23.4 Å². The van der Waals surface area contributed by atoms with Gasteiger partial charge in [0, 0.05) is 5.56 Å². The Labute approximate surface area is 182 Å². The van der Waals surface area contributed by atoms with Crippen LogP contribution >= 0.6 is 0 Å². The van der Waals surface area contributed by atoms with Crippen LogP contribution in [0.25, 0.3) is 11.1 Å². The molecule has 2 unspecified atom stereocenters. The van der Waals surface area contributed by atoms with E-state index in [-0.39, 0.29) is 17.9 Å². The summed E-state index contributed by atoms with van der Waals surface area (Å²) in [4.78, 5) is 38.7. The average molecular weight is 421 g/mol. The number of hydrazine groups is 1. The number of hydrogen-bond acceptors (Lipinski definition) is 4. The molecular weight excluding hydrogens is 392 g/mol. The number of amides is 3. The van der Waals surface area contributed by atoms with Crippen molar-refractivity contribution in [3.63, 3.8) is 0 Å². The molecule has 0 aromatic heterocycles. The normalized spacial score (nSPS) is 21.4. The number of nitrogens with zero attached hydrogens (tertiary/aromatic N) is 1. The number of anilines is 1. The maximum absolute atomic E-state index is 13.3. The van der Waals surface area contributed by atoms with Gasteiger partial charge in [0.1, 0.15) is 6.04 Å². The minimum absolute atomic E-state index is 0.189. The van der Waals surface area contributed by atoms with E-state index in [4.69, 9.17) is 0 Å². The van der Waals surface area contributed by atoms with E-state index in [0.29, 0.717) is 5.69 Å². The molecule has 162 valence electrons. The Morgan fingerprint density at radius 3 is 2.52 bits per heavy atom.